The second-order valence-electron chi connectivity index (χ2n) is 1.72. The van der Waals surface area contributed by atoms with Crippen molar-refractivity contribution in [2.75, 3.05) is 0 Å². The van der Waals surface area contributed by atoms with Crippen LogP contribution in [-0.2, 0) is 0 Å². The SMILES string of the molecule is F.F.F.F.F.NSc1cc(Cl)cc(Cl)c1. The van der Waals surface area contributed by atoms with Gasteiger partial charge in [0.1, 0.15) is 0 Å². The van der Waals surface area contributed by atoms with E-state index in [1.165, 1.54) is 0 Å². The molecular weight excluding hydrogens is 284 g/mol. The minimum Gasteiger partial charge on any atom is -0.274 e. The van der Waals surface area contributed by atoms with Gasteiger partial charge in [-0.3, -0.25) is 28.7 Å². The summed E-state index contributed by atoms with van der Waals surface area (Å²) in [4.78, 5) is 0.873. The smallest absolute Gasteiger partial charge is 0.0432 e. The lowest BCUT2D eigenvalue weighted by atomic mass is 10.4. The molecule has 0 unspecified atom stereocenters. The maximum absolute atomic E-state index is 5.68. The van der Waals surface area contributed by atoms with Crippen molar-refractivity contribution in [2.45, 2.75) is 4.90 Å². The Hall–Kier alpha value is -0.240. The van der Waals surface area contributed by atoms with Crippen LogP contribution in [0.4, 0.5) is 23.5 Å². The molecule has 0 aliphatic carbocycles. The first-order valence-electron chi connectivity index (χ1n) is 2.55. The highest BCUT2D eigenvalue weighted by atomic mass is 35.5. The molecule has 0 atom stereocenters. The molecule has 94 valence electrons. The van der Waals surface area contributed by atoms with E-state index in [0.29, 0.717) is 10.0 Å². The molecule has 0 radical (unpaired) electrons. The van der Waals surface area contributed by atoms with E-state index in [9.17, 15) is 0 Å². The van der Waals surface area contributed by atoms with Gasteiger partial charge in [-0.1, -0.05) is 23.2 Å². The van der Waals surface area contributed by atoms with Gasteiger partial charge in [0.2, 0.25) is 0 Å². The average Bonchev–Trinajstić information content (AvgIpc) is 1.85. The number of hydrogen-bond acceptors (Lipinski definition) is 2. The van der Waals surface area contributed by atoms with Crippen LogP contribution >= 0.6 is 35.1 Å². The zero-order valence-corrected chi connectivity index (χ0v) is 9.34. The van der Waals surface area contributed by atoms with Crippen molar-refractivity contribution in [1.29, 1.82) is 0 Å². The van der Waals surface area contributed by atoms with Gasteiger partial charge in [-0.05, 0) is 30.1 Å². The van der Waals surface area contributed by atoms with Crippen LogP contribution in [0.15, 0.2) is 23.1 Å². The molecule has 0 saturated carbocycles. The highest BCUT2D eigenvalue weighted by Gasteiger charge is 1.95. The van der Waals surface area contributed by atoms with E-state index < -0.39 is 0 Å². The molecule has 0 saturated heterocycles. The van der Waals surface area contributed by atoms with Crippen LogP contribution in [0.1, 0.15) is 0 Å². The van der Waals surface area contributed by atoms with Crippen molar-refractivity contribution in [3.63, 3.8) is 0 Å². The summed E-state index contributed by atoms with van der Waals surface area (Å²) in [5.74, 6) is 0. The number of nitrogens with two attached hydrogens (primary N) is 1. The maximum Gasteiger partial charge on any atom is 0.0432 e. The molecule has 0 aliphatic heterocycles. The predicted molar refractivity (Wildman–Crippen MR) is 59.0 cm³/mol. The minimum absolute atomic E-state index is 0. The summed E-state index contributed by atoms with van der Waals surface area (Å²) in [6.45, 7) is 0. The summed E-state index contributed by atoms with van der Waals surface area (Å²) >= 11 is 12.5. The maximum atomic E-state index is 5.68. The summed E-state index contributed by atoms with van der Waals surface area (Å²) in [5.41, 5.74) is 0. The van der Waals surface area contributed by atoms with Crippen molar-refractivity contribution < 1.29 is 23.5 Å². The van der Waals surface area contributed by atoms with Gasteiger partial charge in [0, 0.05) is 14.9 Å². The van der Waals surface area contributed by atoms with Crippen LogP contribution in [0.3, 0.4) is 0 Å². The van der Waals surface area contributed by atoms with Crippen LogP contribution < -0.4 is 5.14 Å². The molecule has 0 spiro atoms. The van der Waals surface area contributed by atoms with Crippen molar-refractivity contribution >= 4 is 35.1 Å². The Balaban J connectivity index is -0.0000000667. The van der Waals surface area contributed by atoms with E-state index in [2.05, 4.69) is 0 Å². The molecular formula is C6H10Cl2F5NS. The minimum atomic E-state index is 0. The third-order valence-corrected chi connectivity index (χ3v) is 1.92. The first-order chi connectivity index (χ1) is 4.72. The first kappa shape index (κ1) is 29.3. The topological polar surface area (TPSA) is 26.0 Å². The Morgan fingerprint density at radius 2 is 1.13 bits per heavy atom. The molecule has 0 bridgehead atoms. The molecule has 1 aromatic carbocycles. The normalized spacial score (nSPS) is 6.60. The molecule has 9 heteroatoms. The van der Waals surface area contributed by atoms with Gasteiger partial charge in [0.25, 0.3) is 0 Å². The fraction of sp³-hybridized carbons (Fsp3) is 0. The summed E-state index contributed by atoms with van der Waals surface area (Å²) in [5, 5.41) is 6.51. The fourth-order valence-electron chi connectivity index (χ4n) is 0.597. The molecule has 0 fully saturated rings. The number of hydrogen-bond donors (Lipinski definition) is 1. The van der Waals surface area contributed by atoms with Crippen molar-refractivity contribution in [1.82, 2.24) is 0 Å². The number of benzene rings is 1. The summed E-state index contributed by atoms with van der Waals surface area (Å²) in [7, 11) is 0. The van der Waals surface area contributed by atoms with Crippen molar-refractivity contribution in [3.05, 3.63) is 28.2 Å². The van der Waals surface area contributed by atoms with Gasteiger partial charge in [0.05, 0.1) is 0 Å². The number of rotatable bonds is 1. The first-order valence-corrected chi connectivity index (χ1v) is 4.19. The highest BCUT2D eigenvalue weighted by molar-refractivity contribution is 7.97. The van der Waals surface area contributed by atoms with Crippen LogP contribution in [0.2, 0.25) is 10.0 Å². The zero-order chi connectivity index (χ0) is 7.56. The third kappa shape index (κ3) is 10.1. The van der Waals surface area contributed by atoms with Gasteiger partial charge in [-0.25, -0.2) is 0 Å². The standard InChI is InChI=1S/C6H5Cl2NS.5FH/c7-4-1-5(8)3-6(2-4)10-9;;;;;/h1-3H,9H2;5*1H. The Bertz CT molecular complexity index is 233. The van der Waals surface area contributed by atoms with Crippen LogP contribution in [0.25, 0.3) is 0 Å². The monoisotopic (exact) mass is 293 g/mol. The van der Waals surface area contributed by atoms with E-state index in [1.807, 2.05) is 0 Å². The molecule has 1 rings (SSSR count). The van der Waals surface area contributed by atoms with Crippen molar-refractivity contribution in [2.24, 2.45) is 5.14 Å². The average molecular weight is 294 g/mol. The van der Waals surface area contributed by atoms with Gasteiger partial charge in [-0.15, -0.1) is 0 Å². The van der Waals surface area contributed by atoms with Crippen LogP contribution in [0, 0.1) is 0 Å². The highest BCUT2D eigenvalue weighted by Crippen LogP contribution is 2.23. The fourth-order valence-corrected chi connectivity index (χ4v) is 1.64. The Morgan fingerprint density at radius 3 is 1.40 bits per heavy atom. The third-order valence-electron chi connectivity index (χ3n) is 0.972. The second-order valence-corrected chi connectivity index (χ2v) is 3.30. The largest absolute Gasteiger partial charge is 0.274 e. The predicted octanol–water partition coefficient (Wildman–Crippen LogP) is 3.72. The molecule has 0 aromatic heterocycles. The van der Waals surface area contributed by atoms with Crippen LogP contribution in [0.5, 0.6) is 0 Å². The second kappa shape index (κ2) is 13.8. The van der Waals surface area contributed by atoms with Crippen LogP contribution in [-0.4, -0.2) is 0 Å². The van der Waals surface area contributed by atoms with E-state index in [0.717, 1.165) is 16.8 Å². The number of halogens is 7. The Labute approximate surface area is 97.3 Å². The molecule has 0 aliphatic rings. The lowest BCUT2D eigenvalue weighted by Gasteiger charge is -1.96. The lowest BCUT2D eigenvalue weighted by molar-refractivity contribution is 1.11. The summed E-state index contributed by atoms with van der Waals surface area (Å²) in [6.07, 6.45) is 0. The van der Waals surface area contributed by atoms with E-state index in [4.69, 9.17) is 28.3 Å². The molecule has 0 heterocycles. The van der Waals surface area contributed by atoms with Gasteiger partial charge < -0.3 is 0 Å². The molecule has 1 aromatic rings. The van der Waals surface area contributed by atoms with Gasteiger partial charge in [-0.2, -0.15) is 0 Å². The van der Waals surface area contributed by atoms with Gasteiger partial charge >= 0.3 is 0 Å². The van der Waals surface area contributed by atoms with Gasteiger partial charge in [0.15, 0.2) is 0 Å². The Morgan fingerprint density at radius 1 is 0.800 bits per heavy atom. The molecule has 15 heavy (non-hydrogen) atoms. The molecule has 2 N–H and O–H groups in total. The lowest BCUT2D eigenvalue weighted by Crippen LogP contribution is -1.78. The summed E-state index contributed by atoms with van der Waals surface area (Å²) in [6, 6.07) is 5.19. The van der Waals surface area contributed by atoms with Crippen molar-refractivity contribution in [3.8, 4) is 0 Å². The van der Waals surface area contributed by atoms with E-state index in [1.54, 1.807) is 18.2 Å². The Kier molecular flexibility index (Phi) is 26.9. The van der Waals surface area contributed by atoms with E-state index in [-0.39, 0.29) is 23.5 Å². The van der Waals surface area contributed by atoms with E-state index >= 15 is 0 Å². The molecule has 1 nitrogen and oxygen atoms in total. The zero-order valence-electron chi connectivity index (χ0n) is 7.01. The summed E-state index contributed by atoms with van der Waals surface area (Å²) < 4.78 is 0. The molecule has 0 amide bonds. The quantitative estimate of drug-likeness (QED) is 0.631.